The second-order valence-electron chi connectivity index (χ2n) is 4.46. The summed E-state index contributed by atoms with van der Waals surface area (Å²) < 4.78 is 39.0. The van der Waals surface area contributed by atoms with Crippen LogP contribution in [0, 0.1) is 11.3 Å². The Morgan fingerprint density at radius 2 is 1.90 bits per heavy atom. The number of alkyl halides is 3. The summed E-state index contributed by atoms with van der Waals surface area (Å²) >= 11 is 0. The maximum atomic E-state index is 13.0. The summed E-state index contributed by atoms with van der Waals surface area (Å²) in [6.07, 6.45) is -2.94. The van der Waals surface area contributed by atoms with Gasteiger partial charge in [0.05, 0.1) is 17.2 Å². The second-order valence-corrected chi connectivity index (χ2v) is 4.46. The SMILES string of the molecule is C[C@@H](Nc1ncccc1C#N)c1ccccc1C(F)(F)F. The summed E-state index contributed by atoms with van der Waals surface area (Å²) in [5, 5.41) is 11.8. The molecular weight excluding hydrogens is 279 g/mol. The Labute approximate surface area is 120 Å². The molecular formula is C15H12F3N3. The molecule has 2 rings (SSSR count). The largest absolute Gasteiger partial charge is 0.416 e. The zero-order chi connectivity index (χ0) is 15.5. The molecule has 1 atom stereocenters. The summed E-state index contributed by atoms with van der Waals surface area (Å²) in [5.41, 5.74) is -0.298. The number of anilines is 1. The summed E-state index contributed by atoms with van der Waals surface area (Å²) in [7, 11) is 0. The van der Waals surface area contributed by atoms with E-state index in [1.807, 2.05) is 6.07 Å². The zero-order valence-electron chi connectivity index (χ0n) is 11.1. The van der Waals surface area contributed by atoms with Gasteiger partial charge in [-0.1, -0.05) is 18.2 Å². The monoisotopic (exact) mass is 291 g/mol. The molecule has 0 aliphatic carbocycles. The van der Waals surface area contributed by atoms with Crippen LogP contribution in [0.5, 0.6) is 0 Å². The van der Waals surface area contributed by atoms with Gasteiger partial charge in [0.25, 0.3) is 0 Å². The second kappa shape index (κ2) is 5.83. The van der Waals surface area contributed by atoms with Gasteiger partial charge < -0.3 is 5.32 Å². The van der Waals surface area contributed by atoms with E-state index in [0.29, 0.717) is 0 Å². The average Bonchev–Trinajstić information content (AvgIpc) is 2.47. The number of benzene rings is 1. The molecule has 6 heteroatoms. The number of hydrogen-bond acceptors (Lipinski definition) is 3. The molecule has 1 aromatic heterocycles. The molecule has 1 heterocycles. The summed E-state index contributed by atoms with van der Waals surface area (Å²) in [6, 6.07) is 9.81. The van der Waals surface area contributed by atoms with Crippen molar-refractivity contribution in [1.82, 2.24) is 4.98 Å². The Bertz CT molecular complexity index is 674. The minimum atomic E-state index is -4.42. The summed E-state index contributed by atoms with van der Waals surface area (Å²) in [4.78, 5) is 3.99. The van der Waals surface area contributed by atoms with Gasteiger partial charge in [-0.15, -0.1) is 0 Å². The molecule has 0 fully saturated rings. The minimum Gasteiger partial charge on any atom is -0.362 e. The first-order valence-corrected chi connectivity index (χ1v) is 6.21. The van der Waals surface area contributed by atoms with E-state index in [4.69, 9.17) is 5.26 Å². The lowest BCUT2D eigenvalue weighted by Gasteiger charge is -2.20. The predicted octanol–water partition coefficient (Wildman–Crippen LogP) is 4.15. The van der Waals surface area contributed by atoms with Gasteiger partial charge in [0.15, 0.2) is 0 Å². The highest BCUT2D eigenvalue weighted by molar-refractivity contribution is 5.53. The number of halogens is 3. The highest BCUT2D eigenvalue weighted by Gasteiger charge is 2.34. The van der Waals surface area contributed by atoms with Gasteiger partial charge in [0.2, 0.25) is 0 Å². The van der Waals surface area contributed by atoms with Crippen molar-refractivity contribution in [2.45, 2.75) is 19.1 Å². The minimum absolute atomic E-state index is 0.111. The molecule has 0 saturated carbocycles. The van der Waals surface area contributed by atoms with Crippen LogP contribution < -0.4 is 5.32 Å². The van der Waals surface area contributed by atoms with Gasteiger partial charge in [-0.3, -0.25) is 0 Å². The van der Waals surface area contributed by atoms with Crippen molar-refractivity contribution >= 4 is 5.82 Å². The average molecular weight is 291 g/mol. The van der Waals surface area contributed by atoms with Crippen LogP contribution in [0.15, 0.2) is 42.6 Å². The van der Waals surface area contributed by atoms with Crippen LogP contribution in [0.2, 0.25) is 0 Å². The van der Waals surface area contributed by atoms with Crippen LogP contribution in [0.1, 0.15) is 29.7 Å². The molecule has 0 aliphatic rings. The third-order valence-corrected chi connectivity index (χ3v) is 3.01. The highest BCUT2D eigenvalue weighted by Crippen LogP contribution is 2.35. The van der Waals surface area contributed by atoms with Crippen molar-refractivity contribution in [3.8, 4) is 6.07 Å². The van der Waals surface area contributed by atoms with Crippen LogP contribution in [0.4, 0.5) is 19.0 Å². The number of rotatable bonds is 3. The highest BCUT2D eigenvalue weighted by atomic mass is 19.4. The first-order chi connectivity index (χ1) is 9.93. The Kier molecular flexibility index (Phi) is 4.13. The predicted molar refractivity (Wildman–Crippen MR) is 72.4 cm³/mol. The number of nitrogens with zero attached hydrogens (tertiary/aromatic N) is 2. The maximum Gasteiger partial charge on any atom is 0.416 e. The molecule has 0 unspecified atom stereocenters. The maximum absolute atomic E-state index is 13.0. The van der Waals surface area contributed by atoms with E-state index < -0.39 is 17.8 Å². The molecule has 0 bridgehead atoms. The third-order valence-electron chi connectivity index (χ3n) is 3.01. The molecule has 0 radical (unpaired) electrons. The van der Waals surface area contributed by atoms with Crippen LogP contribution in [-0.2, 0) is 6.18 Å². The number of pyridine rings is 1. The molecule has 0 saturated heterocycles. The molecule has 1 aromatic carbocycles. The zero-order valence-corrected chi connectivity index (χ0v) is 11.1. The molecule has 2 aromatic rings. The molecule has 1 N–H and O–H groups in total. The van der Waals surface area contributed by atoms with Crippen molar-refractivity contribution < 1.29 is 13.2 Å². The van der Waals surface area contributed by atoms with E-state index in [2.05, 4.69) is 10.3 Å². The van der Waals surface area contributed by atoms with E-state index in [1.54, 1.807) is 25.1 Å². The van der Waals surface area contributed by atoms with Crippen LogP contribution in [0.3, 0.4) is 0 Å². The molecule has 0 amide bonds. The fourth-order valence-corrected chi connectivity index (χ4v) is 2.03. The molecule has 21 heavy (non-hydrogen) atoms. The van der Waals surface area contributed by atoms with Crippen LogP contribution in [-0.4, -0.2) is 4.98 Å². The van der Waals surface area contributed by atoms with Gasteiger partial charge in [0.1, 0.15) is 11.9 Å². The summed E-state index contributed by atoms with van der Waals surface area (Å²) in [5.74, 6) is 0.268. The van der Waals surface area contributed by atoms with Crippen molar-refractivity contribution in [2.75, 3.05) is 5.32 Å². The summed E-state index contributed by atoms with van der Waals surface area (Å²) in [6.45, 7) is 1.60. The molecule has 3 nitrogen and oxygen atoms in total. The molecule has 0 aliphatic heterocycles. The van der Waals surface area contributed by atoms with E-state index in [9.17, 15) is 13.2 Å². The lowest BCUT2D eigenvalue weighted by atomic mass is 10.0. The first kappa shape index (κ1) is 14.9. The van der Waals surface area contributed by atoms with Gasteiger partial charge in [0, 0.05) is 6.20 Å². The standard InChI is InChI=1S/C15H12F3N3/c1-10(21-14-11(9-19)5-4-8-20-14)12-6-2-3-7-13(12)15(16,17)18/h2-8,10H,1H3,(H,20,21)/t10-/m1/s1. The van der Waals surface area contributed by atoms with Gasteiger partial charge in [-0.05, 0) is 30.7 Å². The smallest absolute Gasteiger partial charge is 0.362 e. The Morgan fingerprint density at radius 3 is 2.57 bits per heavy atom. The lowest BCUT2D eigenvalue weighted by molar-refractivity contribution is -0.138. The fourth-order valence-electron chi connectivity index (χ4n) is 2.03. The fraction of sp³-hybridized carbons (Fsp3) is 0.200. The molecule has 0 spiro atoms. The Morgan fingerprint density at radius 1 is 1.19 bits per heavy atom. The number of hydrogen-bond donors (Lipinski definition) is 1. The molecule has 108 valence electrons. The van der Waals surface area contributed by atoms with Gasteiger partial charge >= 0.3 is 6.18 Å². The van der Waals surface area contributed by atoms with E-state index in [0.717, 1.165) is 6.07 Å². The first-order valence-electron chi connectivity index (χ1n) is 6.21. The number of aromatic nitrogens is 1. The van der Waals surface area contributed by atoms with Gasteiger partial charge in [-0.2, -0.15) is 18.4 Å². The van der Waals surface area contributed by atoms with Crippen molar-refractivity contribution in [1.29, 1.82) is 5.26 Å². The topological polar surface area (TPSA) is 48.7 Å². The lowest BCUT2D eigenvalue weighted by Crippen LogP contribution is -2.16. The van der Waals surface area contributed by atoms with E-state index >= 15 is 0 Å². The number of nitriles is 1. The van der Waals surface area contributed by atoms with Gasteiger partial charge in [-0.25, -0.2) is 4.98 Å². The van der Waals surface area contributed by atoms with Crippen LogP contribution in [0.25, 0.3) is 0 Å². The van der Waals surface area contributed by atoms with Crippen molar-refractivity contribution in [2.24, 2.45) is 0 Å². The van der Waals surface area contributed by atoms with E-state index in [1.165, 1.54) is 18.3 Å². The Balaban J connectivity index is 2.34. The number of nitrogens with one attached hydrogen (secondary N) is 1. The normalized spacial score (nSPS) is 12.5. The van der Waals surface area contributed by atoms with Crippen LogP contribution >= 0.6 is 0 Å². The van der Waals surface area contributed by atoms with E-state index in [-0.39, 0.29) is 16.9 Å². The Hall–Kier alpha value is -2.55. The third kappa shape index (κ3) is 3.31. The quantitative estimate of drug-likeness (QED) is 0.924. The van der Waals surface area contributed by atoms with Crippen molar-refractivity contribution in [3.63, 3.8) is 0 Å². The van der Waals surface area contributed by atoms with Crippen molar-refractivity contribution in [3.05, 3.63) is 59.3 Å².